The topological polar surface area (TPSA) is 66.4 Å². The second-order valence-corrected chi connectivity index (χ2v) is 11.9. The average Bonchev–Trinajstić information content (AvgIpc) is 2.72. The first-order valence-corrected chi connectivity index (χ1v) is 10.6. The van der Waals surface area contributed by atoms with E-state index in [9.17, 15) is 13.5 Å². The molecule has 1 aromatic rings. The van der Waals surface area contributed by atoms with E-state index >= 15 is 0 Å². The molecule has 0 atom stereocenters. The van der Waals surface area contributed by atoms with Gasteiger partial charge < -0.3 is 5.11 Å². The van der Waals surface area contributed by atoms with Crippen molar-refractivity contribution < 1.29 is 13.5 Å². The molecular weight excluding hydrogens is 442 g/mol. The molecule has 1 saturated carbocycles. The molecule has 1 heterocycles. The molecule has 1 aliphatic carbocycles. The zero-order valence-electron chi connectivity index (χ0n) is 11.9. The fourth-order valence-corrected chi connectivity index (χ4v) is 7.31. The van der Waals surface area contributed by atoms with Crippen molar-refractivity contribution in [2.24, 2.45) is 5.41 Å². The smallest absolute Gasteiger partial charge is 0.242 e. The first-order valence-electron chi connectivity index (χ1n) is 6.70. The summed E-state index contributed by atoms with van der Waals surface area (Å²) in [4.78, 5) is 0.208. The monoisotopic (exact) mass is 459 g/mol. The van der Waals surface area contributed by atoms with Gasteiger partial charge in [-0.25, -0.2) is 13.1 Å². The number of sulfonamides is 1. The van der Waals surface area contributed by atoms with Crippen LogP contribution in [0.25, 0.3) is 0 Å². The first kappa shape index (κ1) is 17.9. The lowest BCUT2D eigenvalue weighted by Crippen LogP contribution is -2.46. The Kier molecular flexibility index (Phi) is 5.28. The maximum Gasteiger partial charge on any atom is 0.242 e. The van der Waals surface area contributed by atoms with E-state index in [4.69, 9.17) is 0 Å². The molecular formula is C13H19Br2NO3S2. The van der Waals surface area contributed by atoms with E-state index < -0.39 is 15.6 Å². The third kappa shape index (κ3) is 4.51. The fraction of sp³-hybridized carbons (Fsp3) is 0.692. The van der Waals surface area contributed by atoms with Crippen LogP contribution >= 0.6 is 43.2 Å². The maximum absolute atomic E-state index is 12.3. The first-order chi connectivity index (χ1) is 9.53. The summed E-state index contributed by atoms with van der Waals surface area (Å²) in [6.07, 6.45) is 3.05. The van der Waals surface area contributed by atoms with E-state index in [1.54, 1.807) is 6.07 Å². The van der Waals surface area contributed by atoms with Gasteiger partial charge in [-0.3, -0.25) is 0 Å². The summed E-state index contributed by atoms with van der Waals surface area (Å²) in [6, 6.07) is 1.56. The Bertz CT molecular complexity index is 615. The van der Waals surface area contributed by atoms with E-state index in [-0.39, 0.29) is 16.9 Å². The lowest BCUT2D eigenvalue weighted by molar-refractivity contribution is -0.0205. The van der Waals surface area contributed by atoms with E-state index in [2.05, 4.69) is 50.4 Å². The number of nitrogens with one attached hydrogen (secondary N) is 1. The zero-order chi connectivity index (χ0) is 15.9. The largest absolute Gasteiger partial charge is 0.389 e. The predicted octanol–water partition coefficient (Wildman–Crippen LogP) is 3.88. The van der Waals surface area contributed by atoms with Crippen molar-refractivity contribution in [2.45, 2.75) is 50.0 Å². The third-order valence-corrected chi connectivity index (χ3v) is 8.20. The molecule has 0 aromatic carbocycles. The number of aliphatic hydroxyl groups is 1. The van der Waals surface area contributed by atoms with Gasteiger partial charge in [0, 0.05) is 6.54 Å². The fourth-order valence-electron chi connectivity index (χ4n) is 2.38. The molecule has 0 radical (unpaired) electrons. The molecule has 0 unspecified atom stereocenters. The molecule has 2 rings (SSSR count). The van der Waals surface area contributed by atoms with Crippen LogP contribution in [0.5, 0.6) is 0 Å². The van der Waals surface area contributed by atoms with Gasteiger partial charge in [-0.1, -0.05) is 13.8 Å². The summed E-state index contributed by atoms with van der Waals surface area (Å²) in [5.74, 6) is 0. The lowest BCUT2D eigenvalue weighted by Gasteiger charge is -2.40. The van der Waals surface area contributed by atoms with Gasteiger partial charge in [0.05, 0.1) is 13.2 Å². The Labute approximate surface area is 146 Å². The molecule has 0 spiro atoms. The van der Waals surface area contributed by atoms with Crippen LogP contribution in [0, 0.1) is 5.41 Å². The van der Waals surface area contributed by atoms with E-state index in [1.807, 2.05) is 0 Å². The predicted molar refractivity (Wildman–Crippen MR) is 92.1 cm³/mol. The SMILES string of the molecule is CC1(C)CCC(O)(CNS(=O)(=O)c2cc(Br)sc2Br)CC1. The highest BCUT2D eigenvalue weighted by Gasteiger charge is 2.37. The van der Waals surface area contributed by atoms with Gasteiger partial charge in [0.25, 0.3) is 0 Å². The Morgan fingerprint density at radius 2 is 1.86 bits per heavy atom. The normalized spacial score (nSPS) is 21.4. The zero-order valence-corrected chi connectivity index (χ0v) is 16.8. The molecule has 0 aliphatic heterocycles. The Balaban J connectivity index is 2.04. The van der Waals surface area contributed by atoms with E-state index in [0.29, 0.717) is 16.6 Å². The van der Waals surface area contributed by atoms with Crippen molar-refractivity contribution in [1.82, 2.24) is 4.72 Å². The van der Waals surface area contributed by atoms with Gasteiger partial charge in [0.1, 0.15) is 4.90 Å². The molecule has 4 nitrogen and oxygen atoms in total. The molecule has 0 saturated heterocycles. The Morgan fingerprint density at radius 3 is 2.33 bits per heavy atom. The van der Waals surface area contributed by atoms with Crippen LogP contribution in [0.1, 0.15) is 39.5 Å². The van der Waals surface area contributed by atoms with Crippen LogP contribution in [0.15, 0.2) is 18.5 Å². The quantitative estimate of drug-likeness (QED) is 0.716. The van der Waals surface area contributed by atoms with Gasteiger partial charge >= 0.3 is 0 Å². The summed E-state index contributed by atoms with van der Waals surface area (Å²) in [6.45, 7) is 4.42. The highest BCUT2D eigenvalue weighted by Crippen LogP contribution is 2.40. The summed E-state index contributed by atoms with van der Waals surface area (Å²) < 4.78 is 28.5. The Hall–Kier alpha value is 0.530. The van der Waals surface area contributed by atoms with Gasteiger partial charge in [0.2, 0.25) is 10.0 Å². The average molecular weight is 461 g/mol. The minimum Gasteiger partial charge on any atom is -0.389 e. The van der Waals surface area contributed by atoms with Crippen LogP contribution < -0.4 is 4.72 Å². The highest BCUT2D eigenvalue weighted by atomic mass is 79.9. The van der Waals surface area contributed by atoms with E-state index in [0.717, 1.165) is 16.6 Å². The number of thiophene rings is 1. The van der Waals surface area contributed by atoms with Crippen molar-refractivity contribution in [1.29, 1.82) is 0 Å². The summed E-state index contributed by atoms with van der Waals surface area (Å²) in [7, 11) is -3.61. The number of rotatable bonds is 4. The second-order valence-electron chi connectivity index (χ2n) is 6.40. The van der Waals surface area contributed by atoms with Gasteiger partial charge in [0.15, 0.2) is 0 Å². The van der Waals surface area contributed by atoms with Crippen LogP contribution in [0.2, 0.25) is 0 Å². The molecule has 0 bridgehead atoms. The number of halogens is 2. The summed E-state index contributed by atoms with van der Waals surface area (Å²) >= 11 is 7.84. The van der Waals surface area contributed by atoms with Crippen LogP contribution in [0.3, 0.4) is 0 Å². The van der Waals surface area contributed by atoms with Gasteiger partial charge in [-0.05, 0) is 69.0 Å². The molecule has 2 N–H and O–H groups in total. The molecule has 1 aromatic heterocycles. The molecule has 8 heteroatoms. The summed E-state index contributed by atoms with van der Waals surface area (Å²) in [5, 5.41) is 10.5. The maximum atomic E-state index is 12.3. The Morgan fingerprint density at radius 1 is 1.29 bits per heavy atom. The lowest BCUT2D eigenvalue weighted by atomic mass is 9.71. The summed E-state index contributed by atoms with van der Waals surface area (Å²) in [5.41, 5.74) is -0.714. The standard InChI is InChI=1S/C13H19Br2NO3S2/c1-12(2)3-5-13(17,6-4-12)8-16-21(18,19)9-7-10(14)20-11(9)15/h7,16-17H,3-6,8H2,1-2H3. The molecule has 21 heavy (non-hydrogen) atoms. The van der Waals surface area contributed by atoms with Crippen molar-refractivity contribution in [2.75, 3.05) is 6.54 Å². The minimum atomic E-state index is -3.61. The number of hydrogen-bond donors (Lipinski definition) is 2. The van der Waals surface area contributed by atoms with E-state index in [1.165, 1.54) is 11.3 Å². The molecule has 1 fully saturated rings. The van der Waals surface area contributed by atoms with Crippen molar-refractivity contribution in [3.05, 3.63) is 13.6 Å². The van der Waals surface area contributed by atoms with Crippen LogP contribution in [-0.4, -0.2) is 25.7 Å². The third-order valence-electron chi connectivity index (χ3n) is 4.04. The highest BCUT2D eigenvalue weighted by molar-refractivity contribution is 9.12. The van der Waals surface area contributed by atoms with Crippen molar-refractivity contribution in [3.8, 4) is 0 Å². The number of hydrogen-bond acceptors (Lipinski definition) is 4. The molecule has 0 amide bonds. The van der Waals surface area contributed by atoms with Crippen LogP contribution in [-0.2, 0) is 10.0 Å². The molecule has 120 valence electrons. The van der Waals surface area contributed by atoms with Gasteiger partial charge in [-0.15, -0.1) is 11.3 Å². The minimum absolute atomic E-state index is 0.0608. The van der Waals surface area contributed by atoms with Crippen molar-refractivity contribution in [3.63, 3.8) is 0 Å². The second kappa shape index (κ2) is 6.20. The van der Waals surface area contributed by atoms with Crippen LogP contribution in [0.4, 0.5) is 0 Å². The van der Waals surface area contributed by atoms with Crippen molar-refractivity contribution >= 4 is 53.2 Å². The molecule has 1 aliphatic rings. The van der Waals surface area contributed by atoms with Gasteiger partial charge in [-0.2, -0.15) is 0 Å².